The highest BCUT2D eigenvalue weighted by Crippen LogP contribution is 2.36. The molecule has 3 aromatic rings. The monoisotopic (exact) mass is 627 g/mol. The van der Waals surface area contributed by atoms with Crippen molar-refractivity contribution in [2.45, 2.75) is 20.5 Å². The van der Waals surface area contributed by atoms with E-state index in [1.54, 1.807) is 62.4 Å². The lowest BCUT2D eigenvalue weighted by Crippen LogP contribution is -2.54. The highest BCUT2D eigenvalue weighted by atomic mass is 127. The van der Waals surface area contributed by atoms with Crippen molar-refractivity contribution >= 4 is 57.9 Å². The minimum absolute atomic E-state index is 0.0403. The number of para-hydroxylation sites is 1. The first-order valence-electron chi connectivity index (χ1n) is 11.5. The van der Waals surface area contributed by atoms with Gasteiger partial charge >= 0.3 is 6.03 Å². The Kier molecular flexibility index (Phi) is 8.05. The van der Waals surface area contributed by atoms with Gasteiger partial charge in [0.05, 0.1) is 20.8 Å². The molecule has 194 valence electrons. The maximum Gasteiger partial charge on any atom is 0.335 e. The zero-order valence-electron chi connectivity index (χ0n) is 20.4. The lowest BCUT2D eigenvalue weighted by Gasteiger charge is -2.27. The fourth-order valence-corrected chi connectivity index (χ4v) is 4.63. The van der Waals surface area contributed by atoms with Crippen molar-refractivity contribution in [3.8, 4) is 11.5 Å². The number of non-ortho nitro benzene ring substituents is 1. The second-order valence-corrected chi connectivity index (χ2v) is 9.39. The van der Waals surface area contributed by atoms with Crippen LogP contribution in [0.1, 0.15) is 23.6 Å². The van der Waals surface area contributed by atoms with Gasteiger partial charge in [-0.05, 0) is 77.4 Å². The summed E-state index contributed by atoms with van der Waals surface area (Å²) < 4.78 is 12.3. The van der Waals surface area contributed by atoms with Crippen LogP contribution in [0.5, 0.6) is 11.5 Å². The number of barbiturate groups is 1. The third kappa shape index (κ3) is 5.67. The van der Waals surface area contributed by atoms with Crippen LogP contribution in [0.15, 0.2) is 66.2 Å². The molecule has 0 unspecified atom stereocenters. The summed E-state index contributed by atoms with van der Waals surface area (Å²) in [5.41, 5.74) is 1.91. The molecule has 0 atom stereocenters. The van der Waals surface area contributed by atoms with E-state index >= 15 is 0 Å². The number of anilines is 1. The number of halogens is 1. The number of hydrogen-bond donors (Lipinski definition) is 1. The molecule has 1 saturated heterocycles. The van der Waals surface area contributed by atoms with Gasteiger partial charge in [-0.1, -0.05) is 30.3 Å². The van der Waals surface area contributed by atoms with E-state index in [0.717, 1.165) is 4.90 Å². The van der Waals surface area contributed by atoms with Crippen LogP contribution in [-0.2, 0) is 16.2 Å². The molecule has 1 aliphatic heterocycles. The molecule has 11 heteroatoms. The zero-order chi connectivity index (χ0) is 27.4. The molecule has 3 aromatic carbocycles. The molecule has 0 bridgehead atoms. The molecule has 1 heterocycles. The highest BCUT2D eigenvalue weighted by molar-refractivity contribution is 14.1. The van der Waals surface area contributed by atoms with E-state index in [9.17, 15) is 24.5 Å². The number of benzene rings is 3. The predicted molar refractivity (Wildman–Crippen MR) is 148 cm³/mol. The number of hydrogen-bond acceptors (Lipinski definition) is 7. The summed E-state index contributed by atoms with van der Waals surface area (Å²) >= 11 is 2.04. The fraction of sp³-hybridized carbons (Fsp3) is 0.148. The maximum atomic E-state index is 13.3. The first-order valence-corrected chi connectivity index (χ1v) is 12.6. The van der Waals surface area contributed by atoms with Gasteiger partial charge < -0.3 is 9.47 Å². The van der Waals surface area contributed by atoms with Crippen molar-refractivity contribution in [1.82, 2.24) is 5.32 Å². The summed E-state index contributed by atoms with van der Waals surface area (Å²) in [6.45, 7) is 3.94. The Balaban J connectivity index is 1.66. The number of carbonyl (C=O) groups excluding carboxylic acids is 3. The Bertz CT molecular complexity index is 1490. The van der Waals surface area contributed by atoms with Crippen molar-refractivity contribution in [2.75, 3.05) is 11.5 Å². The van der Waals surface area contributed by atoms with Crippen LogP contribution >= 0.6 is 22.6 Å². The average molecular weight is 627 g/mol. The number of carbonyl (C=O) groups is 3. The van der Waals surface area contributed by atoms with E-state index in [-0.39, 0.29) is 17.9 Å². The molecule has 0 spiro atoms. The number of imide groups is 2. The van der Waals surface area contributed by atoms with Crippen LogP contribution in [0.2, 0.25) is 0 Å². The van der Waals surface area contributed by atoms with Crippen LogP contribution < -0.4 is 19.7 Å². The average Bonchev–Trinajstić information content (AvgIpc) is 2.87. The number of nitrogens with one attached hydrogen (secondary N) is 1. The number of ether oxygens (including phenoxy) is 2. The number of nitro benzene ring substituents is 1. The van der Waals surface area contributed by atoms with Gasteiger partial charge in [0.25, 0.3) is 17.5 Å². The number of aryl methyl sites for hydroxylation is 1. The molecule has 0 radical (unpaired) electrons. The number of urea groups is 1. The third-order valence-electron chi connectivity index (χ3n) is 5.61. The number of amides is 4. The van der Waals surface area contributed by atoms with E-state index in [1.165, 1.54) is 18.2 Å². The molecule has 4 amide bonds. The summed E-state index contributed by atoms with van der Waals surface area (Å²) in [6, 6.07) is 15.5. The first-order chi connectivity index (χ1) is 18.2. The quantitative estimate of drug-likeness (QED) is 0.120. The molecular weight excluding hydrogens is 605 g/mol. The minimum atomic E-state index is -0.819. The molecule has 1 aliphatic rings. The van der Waals surface area contributed by atoms with Crippen LogP contribution in [-0.4, -0.2) is 29.4 Å². The molecule has 0 aromatic heterocycles. The van der Waals surface area contributed by atoms with Crippen molar-refractivity contribution in [2.24, 2.45) is 0 Å². The van der Waals surface area contributed by atoms with E-state index < -0.39 is 22.8 Å². The third-order valence-corrected chi connectivity index (χ3v) is 6.41. The number of rotatable bonds is 8. The Morgan fingerprint density at radius 3 is 2.53 bits per heavy atom. The zero-order valence-corrected chi connectivity index (χ0v) is 22.6. The Labute approximate surface area is 231 Å². The van der Waals surface area contributed by atoms with Gasteiger partial charge in [-0.2, -0.15) is 0 Å². The normalized spacial score (nSPS) is 14.4. The van der Waals surface area contributed by atoms with Crippen LogP contribution in [0, 0.1) is 20.6 Å². The van der Waals surface area contributed by atoms with E-state index in [1.807, 2.05) is 22.6 Å². The Morgan fingerprint density at radius 2 is 1.82 bits per heavy atom. The predicted octanol–water partition coefficient (Wildman–Crippen LogP) is 5.15. The second-order valence-electron chi connectivity index (χ2n) is 8.22. The topological polar surface area (TPSA) is 128 Å². The SMILES string of the molecule is CCOc1cc(/C=C2\C(=O)NC(=O)N(c3ccccc3C)C2=O)cc(I)c1OCc1cccc([N+](=O)[O-])c1. The lowest BCUT2D eigenvalue weighted by molar-refractivity contribution is -0.384. The fourth-order valence-electron chi connectivity index (χ4n) is 3.85. The Hall–Kier alpha value is -4.26. The molecule has 0 aliphatic carbocycles. The van der Waals surface area contributed by atoms with Crippen molar-refractivity contribution < 1.29 is 28.8 Å². The largest absolute Gasteiger partial charge is 0.490 e. The van der Waals surface area contributed by atoms with Gasteiger partial charge in [0, 0.05) is 12.1 Å². The number of nitrogens with zero attached hydrogens (tertiary/aromatic N) is 2. The van der Waals surface area contributed by atoms with Crippen molar-refractivity contribution in [3.05, 3.63) is 96.6 Å². The summed E-state index contributed by atoms with van der Waals surface area (Å²) in [5, 5.41) is 13.3. The summed E-state index contributed by atoms with van der Waals surface area (Å²) in [6.07, 6.45) is 1.39. The van der Waals surface area contributed by atoms with Gasteiger partial charge in [0.1, 0.15) is 12.2 Å². The molecule has 0 saturated carbocycles. The lowest BCUT2D eigenvalue weighted by atomic mass is 10.1. The minimum Gasteiger partial charge on any atom is -0.490 e. The molecule has 4 rings (SSSR count). The maximum absolute atomic E-state index is 13.3. The van der Waals surface area contributed by atoms with Crippen molar-refractivity contribution in [3.63, 3.8) is 0 Å². The molecular formula is C27H22IN3O7. The second kappa shape index (κ2) is 11.4. The molecule has 10 nitrogen and oxygen atoms in total. The summed E-state index contributed by atoms with van der Waals surface area (Å²) in [5.74, 6) is -0.764. The molecule has 1 N–H and O–H groups in total. The summed E-state index contributed by atoms with van der Waals surface area (Å²) in [7, 11) is 0. The van der Waals surface area contributed by atoms with Gasteiger partial charge in [-0.3, -0.25) is 25.0 Å². The number of nitro groups is 1. The standard InChI is InChI=1S/C27H22IN3O7/c1-3-37-23-14-18(13-21(28)24(23)38-15-17-8-6-9-19(11-17)31(35)36)12-20-25(32)29-27(34)30(26(20)33)22-10-5-4-7-16(22)2/h4-14H,3,15H2,1-2H3,(H,29,32,34)/b20-12+. The van der Waals surface area contributed by atoms with E-state index in [2.05, 4.69) is 5.32 Å². The van der Waals surface area contributed by atoms with Crippen LogP contribution in [0.4, 0.5) is 16.2 Å². The van der Waals surface area contributed by atoms with Crippen LogP contribution in [0.25, 0.3) is 6.08 Å². The first kappa shape index (κ1) is 26.8. The van der Waals surface area contributed by atoms with Crippen LogP contribution in [0.3, 0.4) is 0 Å². The van der Waals surface area contributed by atoms with Gasteiger partial charge in [0.15, 0.2) is 11.5 Å². The summed E-state index contributed by atoms with van der Waals surface area (Å²) in [4.78, 5) is 49.9. The van der Waals surface area contributed by atoms with Gasteiger partial charge in [0.2, 0.25) is 0 Å². The smallest absolute Gasteiger partial charge is 0.335 e. The molecule has 1 fully saturated rings. The van der Waals surface area contributed by atoms with Crippen molar-refractivity contribution in [1.29, 1.82) is 0 Å². The van der Waals surface area contributed by atoms with Gasteiger partial charge in [-0.25, -0.2) is 9.69 Å². The van der Waals surface area contributed by atoms with E-state index in [4.69, 9.17) is 9.47 Å². The van der Waals surface area contributed by atoms with E-state index in [0.29, 0.717) is 44.1 Å². The highest BCUT2D eigenvalue weighted by Gasteiger charge is 2.37. The molecule has 38 heavy (non-hydrogen) atoms. The Morgan fingerprint density at radius 1 is 1.05 bits per heavy atom. The van der Waals surface area contributed by atoms with Gasteiger partial charge in [-0.15, -0.1) is 0 Å².